The van der Waals surface area contributed by atoms with Crippen LogP contribution in [0.3, 0.4) is 0 Å². The number of rotatable bonds is 2. The van der Waals surface area contributed by atoms with Crippen molar-refractivity contribution in [1.82, 2.24) is 0 Å². The third-order valence-electron chi connectivity index (χ3n) is 3.32. The fourth-order valence-corrected chi connectivity index (χ4v) is 2.09. The first-order valence-corrected chi connectivity index (χ1v) is 6.52. The summed E-state index contributed by atoms with van der Waals surface area (Å²) in [5, 5.41) is 10.4. The Morgan fingerprint density at radius 3 is 2.11 bits per heavy atom. The molecule has 0 heterocycles. The Morgan fingerprint density at radius 2 is 1.58 bits per heavy atom. The van der Waals surface area contributed by atoms with Crippen molar-refractivity contribution in [2.24, 2.45) is 0 Å². The molecular formula is C17H21NO. The highest BCUT2D eigenvalue weighted by atomic mass is 16.3. The lowest BCUT2D eigenvalue weighted by atomic mass is 9.86. The molecule has 2 heteroatoms. The van der Waals surface area contributed by atoms with Crippen molar-refractivity contribution in [3.63, 3.8) is 0 Å². The van der Waals surface area contributed by atoms with Gasteiger partial charge >= 0.3 is 0 Å². The largest absolute Gasteiger partial charge is 0.399 e. The van der Waals surface area contributed by atoms with E-state index in [0.717, 1.165) is 11.1 Å². The van der Waals surface area contributed by atoms with Crippen LogP contribution in [0.5, 0.6) is 0 Å². The number of aliphatic hydroxyl groups is 1. The number of aliphatic hydroxyl groups excluding tert-OH is 1. The van der Waals surface area contributed by atoms with E-state index in [0.29, 0.717) is 5.69 Å². The molecule has 0 aromatic heterocycles. The van der Waals surface area contributed by atoms with Crippen molar-refractivity contribution < 1.29 is 5.11 Å². The van der Waals surface area contributed by atoms with Gasteiger partial charge in [0.2, 0.25) is 0 Å². The maximum absolute atomic E-state index is 10.4. The first kappa shape index (κ1) is 13.6. The molecule has 0 fully saturated rings. The summed E-state index contributed by atoms with van der Waals surface area (Å²) in [7, 11) is 0. The average molecular weight is 255 g/mol. The van der Waals surface area contributed by atoms with Gasteiger partial charge in [-0.05, 0) is 34.2 Å². The minimum Gasteiger partial charge on any atom is -0.399 e. The van der Waals surface area contributed by atoms with E-state index >= 15 is 0 Å². The molecule has 2 aromatic rings. The van der Waals surface area contributed by atoms with Crippen molar-refractivity contribution in [2.45, 2.75) is 32.3 Å². The van der Waals surface area contributed by atoms with Crippen molar-refractivity contribution in [3.8, 4) is 0 Å². The molecule has 3 N–H and O–H groups in total. The molecule has 0 aliphatic carbocycles. The van der Waals surface area contributed by atoms with Crippen LogP contribution in [0.2, 0.25) is 0 Å². The van der Waals surface area contributed by atoms with Gasteiger partial charge in [0.1, 0.15) is 6.10 Å². The van der Waals surface area contributed by atoms with E-state index in [-0.39, 0.29) is 5.41 Å². The Bertz CT molecular complexity index is 552. The first-order chi connectivity index (χ1) is 8.88. The summed E-state index contributed by atoms with van der Waals surface area (Å²) >= 11 is 0. The predicted molar refractivity (Wildman–Crippen MR) is 80.1 cm³/mol. The second kappa shape index (κ2) is 5.06. The highest BCUT2D eigenvalue weighted by Gasteiger charge is 2.15. The van der Waals surface area contributed by atoms with Gasteiger partial charge in [-0.2, -0.15) is 0 Å². The summed E-state index contributed by atoms with van der Waals surface area (Å²) < 4.78 is 0. The van der Waals surface area contributed by atoms with Crippen LogP contribution in [-0.2, 0) is 5.41 Å². The summed E-state index contributed by atoms with van der Waals surface area (Å²) in [6, 6.07) is 15.5. The molecule has 2 nitrogen and oxygen atoms in total. The summed E-state index contributed by atoms with van der Waals surface area (Å²) in [6.07, 6.45) is -0.627. The smallest absolute Gasteiger partial charge is 0.104 e. The van der Waals surface area contributed by atoms with E-state index in [1.807, 2.05) is 36.4 Å². The lowest BCUT2D eigenvalue weighted by Crippen LogP contribution is -2.11. The topological polar surface area (TPSA) is 46.2 Å². The van der Waals surface area contributed by atoms with Crippen LogP contribution in [0.4, 0.5) is 5.69 Å². The van der Waals surface area contributed by atoms with Gasteiger partial charge in [-0.1, -0.05) is 57.2 Å². The zero-order valence-electron chi connectivity index (χ0n) is 11.7. The molecule has 0 saturated carbocycles. The van der Waals surface area contributed by atoms with E-state index in [4.69, 9.17) is 5.73 Å². The second-order valence-electron chi connectivity index (χ2n) is 5.94. The van der Waals surface area contributed by atoms with Gasteiger partial charge in [0, 0.05) is 5.69 Å². The zero-order valence-corrected chi connectivity index (χ0v) is 11.7. The Hall–Kier alpha value is -1.80. The van der Waals surface area contributed by atoms with Crippen LogP contribution in [0.15, 0.2) is 48.5 Å². The molecular weight excluding hydrogens is 234 g/mol. The normalized spacial score (nSPS) is 13.3. The molecule has 0 spiro atoms. The van der Waals surface area contributed by atoms with Gasteiger partial charge < -0.3 is 10.8 Å². The minimum absolute atomic E-state index is 0.126. The van der Waals surface area contributed by atoms with Crippen LogP contribution < -0.4 is 5.73 Å². The molecule has 1 atom stereocenters. The molecule has 0 aliphatic rings. The highest BCUT2D eigenvalue weighted by molar-refractivity contribution is 5.44. The molecule has 2 aromatic carbocycles. The second-order valence-corrected chi connectivity index (χ2v) is 5.94. The van der Waals surface area contributed by atoms with Gasteiger partial charge in [0.25, 0.3) is 0 Å². The molecule has 0 aliphatic heterocycles. The summed E-state index contributed by atoms with van der Waals surface area (Å²) in [6.45, 7) is 6.53. The number of anilines is 1. The van der Waals surface area contributed by atoms with Crippen molar-refractivity contribution in [3.05, 3.63) is 65.2 Å². The monoisotopic (exact) mass is 255 g/mol. The third-order valence-corrected chi connectivity index (χ3v) is 3.32. The molecule has 0 radical (unpaired) electrons. The zero-order chi connectivity index (χ0) is 14.0. The Morgan fingerprint density at radius 1 is 0.947 bits per heavy atom. The van der Waals surface area contributed by atoms with Gasteiger partial charge in [0.15, 0.2) is 0 Å². The fraction of sp³-hybridized carbons (Fsp3) is 0.294. The van der Waals surface area contributed by atoms with Gasteiger partial charge in [-0.15, -0.1) is 0 Å². The molecule has 1 unspecified atom stereocenters. The predicted octanol–water partition coefficient (Wildman–Crippen LogP) is 3.65. The van der Waals surface area contributed by atoms with E-state index in [1.165, 1.54) is 5.56 Å². The fourth-order valence-electron chi connectivity index (χ4n) is 2.09. The van der Waals surface area contributed by atoms with E-state index < -0.39 is 6.10 Å². The van der Waals surface area contributed by atoms with Gasteiger partial charge in [-0.3, -0.25) is 0 Å². The SMILES string of the molecule is CC(C)(C)c1ccc(C(O)c2cccc(N)c2)cc1. The molecule has 0 bridgehead atoms. The summed E-state index contributed by atoms with van der Waals surface area (Å²) in [5.74, 6) is 0. The summed E-state index contributed by atoms with van der Waals surface area (Å²) in [5.41, 5.74) is 9.51. The maximum atomic E-state index is 10.4. The number of nitrogens with two attached hydrogens (primary N) is 1. The number of hydrogen-bond acceptors (Lipinski definition) is 2. The molecule has 0 amide bonds. The lowest BCUT2D eigenvalue weighted by Gasteiger charge is -2.20. The summed E-state index contributed by atoms with van der Waals surface area (Å²) in [4.78, 5) is 0. The van der Waals surface area contributed by atoms with E-state index in [1.54, 1.807) is 0 Å². The quantitative estimate of drug-likeness (QED) is 0.805. The van der Waals surface area contributed by atoms with Crippen LogP contribution >= 0.6 is 0 Å². The Labute approximate surface area is 114 Å². The standard InChI is InChI=1S/C17H21NO/c1-17(2,3)14-9-7-12(8-10-14)16(19)13-5-4-6-15(18)11-13/h4-11,16,19H,18H2,1-3H3. The van der Waals surface area contributed by atoms with Crippen LogP contribution in [0.25, 0.3) is 0 Å². The molecule has 19 heavy (non-hydrogen) atoms. The number of hydrogen-bond donors (Lipinski definition) is 2. The van der Waals surface area contributed by atoms with Gasteiger partial charge in [0.05, 0.1) is 0 Å². The van der Waals surface area contributed by atoms with Crippen LogP contribution in [0.1, 0.15) is 43.6 Å². The van der Waals surface area contributed by atoms with Crippen LogP contribution in [-0.4, -0.2) is 5.11 Å². The highest BCUT2D eigenvalue weighted by Crippen LogP contribution is 2.27. The van der Waals surface area contributed by atoms with Crippen molar-refractivity contribution in [1.29, 1.82) is 0 Å². The van der Waals surface area contributed by atoms with Crippen LogP contribution in [0, 0.1) is 0 Å². The first-order valence-electron chi connectivity index (χ1n) is 6.52. The molecule has 0 saturated heterocycles. The van der Waals surface area contributed by atoms with Crippen molar-refractivity contribution >= 4 is 5.69 Å². The van der Waals surface area contributed by atoms with Crippen molar-refractivity contribution in [2.75, 3.05) is 5.73 Å². The van der Waals surface area contributed by atoms with Gasteiger partial charge in [-0.25, -0.2) is 0 Å². The lowest BCUT2D eigenvalue weighted by molar-refractivity contribution is 0.220. The van der Waals surface area contributed by atoms with E-state index in [2.05, 4.69) is 32.9 Å². The number of nitrogen functional groups attached to an aromatic ring is 1. The minimum atomic E-state index is -0.627. The average Bonchev–Trinajstić information content (AvgIpc) is 2.37. The number of benzene rings is 2. The van der Waals surface area contributed by atoms with E-state index in [9.17, 15) is 5.11 Å². The molecule has 2 rings (SSSR count). The Kier molecular flexibility index (Phi) is 3.63. The molecule has 100 valence electrons. The third kappa shape index (κ3) is 3.15. The maximum Gasteiger partial charge on any atom is 0.104 e. The Balaban J connectivity index is 2.27.